The Morgan fingerprint density at radius 1 is 1.00 bits per heavy atom. The fraction of sp³-hybridized carbons (Fsp3) is 0.333. The van der Waals surface area contributed by atoms with Crippen molar-refractivity contribution in [3.05, 3.63) is 60.2 Å². The van der Waals surface area contributed by atoms with Crippen molar-refractivity contribution >= 4 is 17.6 Å². The molecule has 0 radical (unpaired) electrons. The van der Waals surface area contributed by atoms with Gasteiger partial charge in [0, 0.05) is 12.7 Å². The number of carbonyl (C=O) groups is 2. The fourth-order valence-electron chi connectivity index (χ4n) is 2.51. The van der Waals surface area contributed by atoms with Crippen LogP contribution >= 0.6 is 0 Å². The quantitative estimate of drug-likeness (QED) is 0.712. The van der Waals surface area contributed by atoms with E-state index in [0.29, 0.717) is 5.75 Å². The minimum atomic E-state index is -0.859. The number of nitrogens with zero attached hydrogens (tertiary/aromatic N) is 1. The summed E-state index contributed by atoms with van der Waals surface area (Å²) in [5.41, 5.74) is 1.53. The van der Waals surface area contributed by atoms with Gasteiger partial charge in [0.05, 0.1) is 12.5 Å². The summed E-state index contributed by atoms with van der Waals surface area (Å²) < 4.78 is 10.9. The third-order valence-electron chi connectivity index (χ3n) is 3.75. The lowest BCUT2D eigenvalue weighted by atomic mass is 10.1. The summed E-state index contributed by atoms with van der Waals surface area (Å²) in [6.45, 7) is 5.47. The number of benzene rings is 2. The summed E-state index contributed by atoms with van der Waals surface area (Å²) in [6, 6.07) is 16.5. The average Bonchev–Trinajstić information content (AvgIpc) is 2.60. The maximum Gasteiger partial charge on any atom is 0.311 e. The number of anilines is 1. The Labute approximate surface area is 154 Å². The van der Waals surface area contributed by atoms with Gasteiger partial charge in [-0.2, -0.15) is 0 Å². The number of hydrogen-bond donors (Lipinski definition) is 0. The first-order valence-corrected chi connectivity index (χ1v) is 8.64. The van der Waals surface area contributed by atoms with E-state index in [1.807, 2.05) is 68.4 Å². The number of para-hydroxylation sites is 1. The Kier molecular flexibility index (Phi) is 6.78. The molecular weight excluding hydrogens is 330 g/mol. The molecule has 0 N–H and O–H groups in total. The molecule has 5 heteroatoms. The number of ether oxygens (including phenoxy) is 2. The van der Waals surface area contributed by atoms with Gasteiger partial charge in [-0.05, 0) is 50.6 Å². The molecule has 0 aromatic heterocycles. The van der Waals surface area contributed by atoms with E-state index in [1.54, 1.807) is 14.0 Å². The van der Waals surface area contributed by atoms with E-state index in [1.165, 1.54) is 4.90 Å². The monoisotopic (exact) mass is 355 g/mol. The molecule has 0 aliphatic heterocycles. The Morgan fingerprint density at radius 2 is 1.69 bits per heavy atom. The second-order valence-electron chi connectivity index (χ2n) is 6.36. The van der Waals surface area contributed by atoms with Crippen molar-refractivity contribution in [2.75, 3.05) is 11.9 Å². The van der Waals surface area contributed by atoms with Crippen molar-refractivity contribution in [2.24, 2.45) is 0 Å². The van der Waals surface area contributed by atoms with Crippen molar-refractivity contribution in [3.8, 4) is 5.75 Å². The molecule has 5 nitrogen and oxygen atoms in total. The lowest BCUT2D eigenvalue weighted by Gasteiger charge is -2.21. The van der Waals surface area contributed by atoms with Gasteiger partial charge >= 0.3 is 5.97 Å². The molecule has 1 atom stereocenters. The van der Waals surface area contributed by atoms with Crippen LogP contribution in [0.2, 0.25) is 0 Å². The SMILES string of the molecule is CC(C)Oc1cccc(CC(=O)OC(C)C(=O)N(C)c2ccccc2)c1. The largest absolute Gasteiger partial charge is 0.491 e. The van der Waals surface area contributed by atoms with Crippen molar-refractivity contribution < 1.29 is 19.1 Å². The average molecular weight is 355 g/mol. The predicted molar refractivity (Wildman–Crippen MR) is 101 cm³/mol. The molecule has 2 rings (SSSR count). The second-order valence-corrected chi connectivity index (χ2v) is 6.36. The van der Waals surface area contributed by atoms with E-state index in [2.05, 4.69) is 0 Å². The molecule has 0 saturated heterocycles. The van der Waals surface area contributed by atoms with E-state index < -0.39 is 12.1 Å². The fourth-order valence-corrected chi connectivity index (χ4v) is 2.51. The van der Waals surface area contributed by atoms with Crippen LogP contribution in [0.3, 0.4) is 0 Å². The Hall–Kier alpha value is -2.82. The van der Waals surface area contributed by atoms with Crippen LogP contribution in [-0.4, -0.2) is 31.1 Å². The van der Waals surface area contributed by atoms with Crippen LogP contribution < -0.4 is 9.64 Å². The molecule has 0 saturated carbocycles. The van der Waals surface area contributed by atoms with Crippen molar-refractivity contribution in [1.82, 2.24) is 0 Å². The highest BCUT2D eigenvalue weighted by atomic mass is 16.5. The number of hydrogen-bond acceptors (Lipinski definition) is 4. The van der Waals surface area contributed by atoms with Crippen LogP contribution in [0.1, 0.15) is 26.3 Å². The smallest absolute Gasteiger partial charge is 0.311 e. The standard InChI is InChI=1S/C21H25NO4/c1-15(2)25-19-12-8-9-17(13-19)14-20(23)26-16(3)21(24)22(4)18-10-6-5-7-11-18/h5-13,15-16H,14H2,1-4H3. The van der Waals surface area contributed by atoms with Crippen LogP contribution in [0.25, 0.3) is 0 Å². The van der Waals surface area contributed by atoms with Gasteiger partial charge in [0.1, 0.15) is 5.75 Å². The highest BCUT2D eigenvalue weighted by Gasteiger charge is 2.22. The first-order chi connectivity index (χ1) is 12.4. The van der Waals surface area contributed by atoms with Crippen molar-refractivity contribution in [3.63, 3.8) is 0 Å². The summed E-state index contributed by atoms with van der Waals surface area (Å²) in [5, 5.41) is 0. The number of carbonyl (C=O) groups excluding carboxylic acids is 2. The van der Waals surface area contributed by atoms with Gasteiger partial charge in [0.15, 0.2) is 6.10 Å². The summed E-state index contributed by atoms with van der Waals surface area (Å²) in [4.78, 5) is 26.1. The summed E-state index contributed by atoms with van der Waals surface area (Å²) >= 11 is 0. The highest BCUT2D eigenvalue weighted by molar-refractivity contribution is 5.96. The van der Waals surface area contributed by atoms with Gasteiger partial charge in [-0.25, -0.2) is 0 Å². The van der Waals surface area contributed by atoms with Gasteiger partial charge in [-0.15, -0.1) is 0 Å². The molecule has 0 aliphatic carbocycles. The van der Waals surface area contributed by atoms with Gasteiger partial charge in [0.2, 0.25) is 0 Å². The normalized spacial score (nSPS) is 11.7. The van der Waals surface area contributed by atoms with E-state index in [-0.39, 0.29) is 18.4 Å². The number of likely N-dealkylation sites (N-methyl/N-ethyl adjacent to an activating group) is 1. The van der Waals surface area contributed by atoms with E-state index in [9.17, 15) is 9.59 Å². The summed E-state index contributed by atoms with van der Waals surface area (Å²) in [6.07, 6.45) is -0.715. The lowest BCUT2D eigenvalue weighted by molar-refractivity contribution is -0.153. The third-order valence-corrected chi connectivity index (χ3v) is 3.75. The molecule has 1 amide bonds. The van der Waals surface area contributed by atoms with Gasteiger partial charge in [-0.1, -0.05) is 30.3 Å². The second kappa shape index (κ2) is 9.04. The molecule has 2 aromatic carbocycles. The zero-order chi connectivity index (χ0) is 19.1. The van der Waals surface area contributed by atoms with E-state index >= 15 is 0 Å². The molecular formula is C21H25NO4. The minimum absolute atomic E-state index is 0.0587. The first-order valence-electron chi connectivity index (χ1n) is 8.64. The van der Waals surface area contributed by atoms with Crippen molar-refractivity contribution in [1.29, 1.82) is 0 Å². The Bertz CT molecular complexity index is 743. The summed E-state index contributed by atoms with van der Waals surface area (Å²) in [5.74, 6) is -0.0197. The lowest BCUT2D eigenvalue weighted by Crippen LogP contribution is -2.37. The van der Waals surface area contributed by atoms with Crippen molar-refractivity contribution in [2.45, 2.75) is 39.4 Å². The molecule has 0 fully saturated rings. The number of amides is 1. The Morgan fingerprint density at radius 3 is 2.35 bits per heavy atom. The van der Waals surface area contributed by atoms with E-state index in [0.717, 1.165) is 11.3 Å². The number of esters is 1. The molecule has 26 heavy (non-hydrogen) atoms. The highest BCUT2D eigenvalue weighted by Crippen LogP contribution is 2.17. The maximum absolute atomic E-state index is 12.4. The predicted octanol–water partition coefficient (Wildman–Crippen LogP) is 3.61. The minimum Gasteiger partial charge on any atom is -0.491 e. The van der Waals surface area contributed by atoms with Crippen LogP contribution in [0, 0.1) is 0 Å². The molecule has 0 aliphatic rings. The van der Waals surface area contributed by atoms with Crippen LogP contribution in [0.4, 0.5) is 5.69 Å². The zero-order valence-corrected chi connectivity index (χ0v) is 15.6. The molecule has 2 aromatic rings. The molecule has 1 unspecified atom stereocenters. The van der Waals surface area contributed by atoms with Gasteiger partial charge in [0.25, 0.3) is 5.91 Å². The van der Waals surface area contributed by atoms with E-state index in [4.69, 9.17) is 9.47 Å². The molecule has 0 bridgehead atoms. The first kappa shape index (κ1) is 19.5. The van der Waals surface area contributed by atoms with Crippen LogP contribution in [0.5, 0.6) is 5.75 Å². The zero-order valence-electron chi connectivity index (χ0n) is 15.6. The van der Waals surface area contributed by atoms with Crippen LogP contribution in [-0.2, 0) is 20.7 Å². The third kappa shape index (κ3) is 5.62. The summed E-state index contributed by atoms with van der Waals surface area (Å²) in [7, 11) is 1.66. The molecule has 138 valence electrons. The Balaban J connectivity index is 1.93. The van der Waals surface area contributed by atoms with Crippen LogP contribution in [0.15, 0.2) is 54.6 Å². The molecule has 0 heterocycles. The van der Waals surface area contributed by atoms with Gasteiger partial charge < -0.3 is 14.4 Å². The maximum atomic E-state index is 12.4. The van der Waals surface area contributed by atoms with Gasteiger partial charge in [-0.3, -0.25) is 9.59 Å². The topological polar surface area (TPSA) is 55.8 Å². The number of rotatable bonds is 7. The molecule has 0 spiro atoms.